The standard InChI is InChI=1S/C11H14N2O2S/c1-2-7-5-3-4-6-11(7)8(14)12-10(16)13-9(11)15/h3-4,7H,2,5-6H2,1H3,(H2,12,13,14,15,16). The van der Waals surface area contributed by atoms with E-state index in [9.17, 15) is 9.59 Å². The molecular weight excluding hydrogens is 224 g/mol. The molecule has 2 aliphatic rings. The zero-order valence-electron chi connectivity index (χ0n) is 9.08. The van der Waals surface area contributed by atoms with Crippen LogP contribution in [-0.2, 0) is 9.59 Å². The number of carbonyl (C=O) groups is 2. The first-order chi connectivity index (χ1) is 7.61. The number of carbonyl (C=O) groups excluding carboxylic acids is 2. The van der Waals surface area contributed by atoms with E-state index in [0.717, 1.165) is 12.8 Å². The van der Waals surface area contributed by atoms with Gasteiger partial charge in [0.2, 0.25) is 11.8 Å². The summed E-state index contributed by atoms with van der Waals surface area (Å²) in [5.41, 5.74) is -0.953. The molecule has 1 spiro atoms. The fraction of sp³-hybridized carbons (Fsp3) is 0.545. The summed E-state index contributed by atoms with van der Waals surface area (Å²) in [4.78, 5) is 24.1. The van der Waals surface area contributed by atoms with Crippen molar-refractivity contribution in [1.82, 2.24) is 10.6 Å². The zero-order valence-corrected chi connectivity index (χ0v) is 9.89. The first-order valence-electron chi connectivity index (χ1n) is 5.43. The van der Waals surface area contributed by atoms with Crippen LogP contribution in [0.15, 0.2) is 12.2 Å². The summed E-state index contributed by atoms with van der Waals surface area (Å²) in [7, 11) is 0. The van der Waals surface area contributed by atoms with Crippen LogP contribution in [0.5, 0.6) is 0 Å². The van der Waals surface area contributed by atoms with Crippen LogP contribution < -0.4 is 10.6 Å². The van der Waals surface area contributed by atoms with Gasteiger partial charge in [0.25, 0.3) is 0 Å². The summed E-state index contributed by atoms with van der Waals surface area (Å²) in [6, 6.07) is 0. The van der Waals surface area contributed by atoms with Gasteiger partial charge in [0.15, 0.2) is 5.11 Å². The van der Waals surface area contributed by atoms with Gasteiger partial charge < -0.3 is 10.6 Å². The highest BCUT2D eigenvalue weighted by Crippen LogP contribution is 2.41. The number of amides is 2. The zero-order chi connectivity index (χ0) is 11.8. The molecule has 0 aromatic carbocycles. The predicted octanol–water partition coefficient (Wildman–Crippen LogP) is 0.880. The Balaban J connectivity index is 2.41. The Morgan fingerprint density at radius 2 is 2.00 bits per heavy atom. The lowest BCUT2D eigenvalue weighted by atomic mass is 9.65. The maximum atomic E-state index is 12.1. The third-order valence-corrected chi connectivity index (χ3v) is 3.69. The van der Waals surface area contributed by atoms with Crippen LogP contribution in [0, 0.1) is 11.3 Å². The Morgan fingerprint density at radius 1 is 1.38 bits per heavy atom. The smallest absolute Gasteiger partial charge is 0.242 e. The van der Waals surface area contributed by atoms with Gasteiger partial charge in [-0.15, -0.1) is 0 Å². The normalized spacial score (nSPS) is 27.8. The number of rotatable bonds is 1. The second-order valence-corrected chi connectivity index (χ2v) is 4.63. The van der Waals surface area contributed by atoms with Crippen LogP contribution in [0.2, 0.25) is 0 Å². The van der Waals surface area contributed by atoms with E-state index >= 15 is 0 Å². The second-order valence-electron chi connectivity index (χ2n) is 4.23. The average Bonchev–Trinajstić information content (AvgIpc) is 2.26. The molecule has 1 heterocycles. The van der Waals surface area contributed by atoms with Gasteiger partial charge in [-0.25, -0.2) is 0 Å². The lowest BCUT2D eigenvalue weighted by Gasteiger charge is -2.41. The minimum absolute atomic E-state index is 0.0561. The molecule has 0 aromatic rings. The quantitative estimate of drug-likeness (QED) is 0.405. The van der Waals surface area contributed by atoms with Crippen LogP contribution >= 0.6 is 12.2 Å². The maximum absolute atomic E-state index is 12.1. The van der Waals surface area contributed by atoms with E-state index in [1.165, 1.54) is 0 Å². The molecule has 2 N–H and O–H groups in total. The second kappa shape index (κ2) is 3.97. The number of hydrogen-bond acceptors (Lipinski definition) is 3. The van der Waals surface area contributed by atoms with E-state index in [1.54, 1.807) is 0 Å². The van der Waals surface area contributed by atoms with E-state index in [0.29, 0.717) is 6.42 Å². The molecule has 0 radical (unpaired) electrons. The average molecular weight is 238 g/mol. The summed E-state index contributed by atoms with van der Waals surface area (Å²) in [5, 5.41) is 5.24. The minimum Gasteiger partial charge on any atom is -0.302 e. The number of allylic oxidation sites excluding steroid dienone is 2. The molecule has 5 heteroatoms. The summed E-state index contributed by atoms with van der Waals surface area (Å²) >= 11 is 4.81. The molecule has 0 bridgehead atoms. The predicted molar refractivity (Wildman–Crippen MR) is 63.5 cm³/mol. The van der Waals surface area contributed by atoms with E-state index in [2.05, 4.69) is 10.6 Å². The van der Waals surface area contributed by atoms with Gasteiger partial charge in [-0.3, -0.25) is 9.59 Å². The van der Waals surface area contributed by atoms with Gasteiger partial charge in [-0.2, -0.15) is 0 Å². The highest BCUT2D eigenvalue weighted by atomic mass is 32.1. The first kappa shape index (κ1) is 11.3. The fourth-order valence-corrected chi connectivity index (χ4v) is 2.72. The van der Waals surface area contributed by atoms with Gasteiger partial charge in [0.1, 0.15) is 5.41 Å². The van der Waals surface area contributed by atoms with Gasteiger partial charge >= 0.3 is 0 Å². The van der Waals surface area contributed by atoms with Crippen molar-refractivity contribution >= 4 is 29.1 Å². The van der Waals surface area contributed by atoms with Crippen molar-refractivity contribution in [2.45, 2.75) is 26.2 Å². The molecule has 1 fully saturated rings. The van der Waals surface area contributed by atoms with E-state index < -0.39 is 5.41 Å². The Kier molecular flexibility index (Phi) is 2.80. The van der Waals surface area contributed by atoms with Crippen molar-refractivity contribution in [1.29, 1.82) is 0 Å². The molecule has 0 aromatic heterocycles. The molecule has 1 aliphatic heterocycles. The van der Waals surface area contributed by atoms with E-state index in [-0.39, 0.29) is 22.8 Å². The number of hydrogen-bond donors (Lipinski definition) is 2. The lowest BCUT2D eigenvalue weighted by molar-refractivity contribution is -0.148. The molecule has 1 atom stereocenters. The Bertz CT molecular complexity index is 369. The van der Waals surface area contributed by atoms with Crippen LogP contribution in [0.1, 0.15) is 26.2 Å². The maximum Gasteiger partial charge on any atom is 0.242 e. The Morgan fingerprint density at radius 3 is 2.56 bits per heavy atom. The summed E-state index contributed by atoms with van der Waals surface area (Å²) < 4.78 is 0. The molecular formula is C11H14N2O2S. The summed E-state index contributed by atoms with van der Waals surface area (Å²) in [6.07, 6.45) is 5.97. The van der Waals surface area contributed by atoms with Crippen molar-refractivity contribution in [2.75, 3.05) is 0 Å². The Hall–Kier alpha value is -1.23. The van der Waals surface area contributed by atoms with E-state index in [4.69, 9.17) is 12.2 Å². The van der Waals surface area contributed by atoms with Crippen molar-refractivity contribution in [2.24, 2.45) is 11.3 Å². The third-order valence-electron chi connectivity index (χ3n) is 3.48. The SMILES string of the molecule is CCC1CC=CCC12C(=O)NC(=S)NC2=O. The topological polar surface area (TPSA) is 58.2 Å². The molecule has 1 unspecified atom stereocenters. The lowest BCUT2D eigenvalue weighted by Crippen LogP contribution is -2.65. The molecule has 2 rings (SSSR count). The Labute approximate surface area is 99.5 Å². The highest BCUT2D eigenvalue weighted by molar-refractivity contribution is 7.80. The van der Waals surface area contributed by atoms with Crippen molar-refractivity contribution in [3.8, 4) is 0 Å². The highest BCUT2D eigenvalue weighted by Gasteiger charge is 2.53. The third kappa shape index (κ3) is 1.46. The van der Waals surface area contributed by atoms with Crippen LogP contribution in [0.3, 0.4) is 0 Å². The molecule has 16 heavy (non-hydrogen) atoms. The molecule has 2 amide bonds. The molecule has 1 saturated heterocycles. The van der Waals surface area contributed by atoms with Crippen LogP contribution in [0.4, 0.5) is 0 Å². The first-order valence-corrected chi connectivity index (χ1v) is 5.84. The summed E-state index contributed by atoms with van der Waals surface area (Å²) in [5.74, 6) is -0.449. The molecule has 4 nitrogen and oxygen atoms in total. The molecule has 0 saturated carbocycles. The largest absolute Gasteiger partial charge is 0.302 e. The number of thiocarbonyl (C=S) groups is 1. The van der Waals surface area contributed by atoms with Crippen LogP contribution in [-0.4, -0.2) is 16.9 Å². The van der Waals surface area contributed by atoms with Gasteiger partial charge in [0.05, 0.1) is 0 Å². The van der Waals surface area contributed by atoms with E-state index in [1.807, 2.05) is 19.1 Å². The monoisotopic (exact) mass is 238 g/mol. The van der Waals surface area contributed by atoms with Gasteiger partial charge in [0, 0.05) is 0 Å². The van der Waals surface area contributed by atoms with Gasteiger partial charge in [-0.1, -0.05) is 25.5 Å². The fourth-order valence-electron chi connectivity index (χ4n) is 2.53. The summed E-state index contributed by atoms with van der Waals surface area (Å²) in [6.45, 7) is 2.00. The van der Waals surface area contributed by atoms with Crippen molar-refractivity contribution in [3.05, 3.63) is 12.2 Å². The molecule has 86 valence electrons. The van der Waals surface area contributed by atoms with Crippen LogP contribution in [0.25, 0.3) is 0 Å². The van der Waals surface area contributed by atoms with Gasteiger partial charge in [-0.05, 0) is 31.0 Å². The number of nitrogens with one attached hydrogen (secondary N) is 2. The molecule has 1 aliphatic carbocycles. The minimum atomic E-state index is -0.953. The van der Waals surface area contributed by atoms with Crippen molar-refractivity contribution < 1.29 is 9.59 Å². The van der Waals surface area contributed by atoms with Crippen molar-refractivity contribution in [3.63, 3.8) is 0 Å².